The zero-order valence-electron chi connectivity index (χ0n) is 11.1. The molecule has 20 heavy (non-hydrogen) atoms. The summed E-state index contributed by atoms with van der Waals surface area (Å²) >= 11 is 0. The van der Waals surface area contributed by atoms with E-state index in [2.05, 4.69) is 6.58 Å². The first-order valence-electron chi connectivity index (χ1n) is 6.08. The Kier molecular flexibility index (Phi) is 5.79. The van der Waals surface area contributed by atoms with E-state index in [1.165, 1.54) is 6.08 Å². The molecule has 1 rings (SSSR count). The molecule has 0 atom stereocenters. The Hall–Kier alpha value is -1.31. The third kappa shape index (κ3) is 3.23. The Bertz CT molecular complexity index is 588. The summed E-state index contributed by atoms with van der Waals surface area (Å²) in [5, 5.41) is 8.93. The first-order chi connectivity index (χ1) is 9.39. The normalized spacial score (nSPS) is 11.8. The molecule has 0 aliphatic heterocycles. The standard InChI is InChI=1S/C13H17F2NO3S/c1-3-7-16(8-4-2)20(18,19)12-6-5-11(14)10(9-17)13(12)15/h3,5-6,17H,1,4,7-9H2,2H3. The molecule has 0 saturated carbocycles. The minimum absolute atomic E-state index is 0.0292. The van der Waals surface area contributed by atoms with Crippen molar-refractivity contribution in [1.82, 2.24) is 4.31 Å². The number of nitrogens with zero attached hydrogens (tertiary/aromatic N) is 1. The van der Waals surface area contributed by atoms with Gasteiger partial charge in [-0.25, -0.2) is 17.2 Å². The molecule has 1 N–H and O–H groups in total. The highest BCUT2D eigenvalue weighted by Gasteiger charge is 2.28. The highest BCUT2D eigenvalue weighted by molar-refractivity contribution is 7.89. The first-order valence-corrected chi connectivity index (χ1v) is 7.52. The van der Waals surface area contributed by atoms with E-state index in [1.54, 1.807) is 6.92 Å². The van der Waals surface area contributed by atoms with Crippen LogP contribution in [0.5, 0.6) is 0 Å². The van der Waals surface area contributed by atoms with Crippen molar-refractivity contribution >= 4 is 10.0 Å². The summed E-state index contributed by atoms with van der Waals surface area (Å²) in [6.45, 7) is 4.56. The smallest absolute Gasteiger partial charge is 0.246 e. The number of aliphatic hydroxyl groups is 1. The van der Waals surface area contributed by atoms with E-state index in [1.807, 2.05) is 0 Å². The average molecular weight is 305 g/mol. The van der Waals surface area contributed by atoms with Gasteiger partial charge in [0.2, 0.25) is 10.0 Å². The molecule has 0 fully saturated rings. The maximum atomic E-state index is 14.0. The van der Waals surface area contributed by atoms with Gasteiger partial charge in [-0.3, -0.25) is 0 Å². The quantitative estimate of drug-likeness (QED) is 0.784. The number of hydrogen-bond acceptors (Lipinski definition) is 3. The molecule has 0 spiro atoms. The van der Waals surface area contributed by atoms with E-state index in [0.29, 0.717) is 6.42 Å². The van der Waals surface area contributed by atoms with Crippen molar-refractivity contribution in [1.29, 1.82) is 0 Å². The summed E-state index contributed by atoms with van der Waals surface area (Å²) in [5.74, 6) is -2.23. The number of aliphatic hydroxyl groups excluding tert-OH is 1. The Morgan fingerprint density at radius 3 is 2.55 bits per heavy atom. The van der Waals surface area contributed by atoms with E-state index in [0.717, 1.165) is 16.4 Å². The van der Waals surface area contributed by atoms with Gasteiger partial charge >= 0.3 is 0 Å². The summed E-state index contributed by atoms with van der Waals surface area (Å²) in [6.07, 6.45) is 1.93. The number of sulfonamides is 1. The highest BCUT2D eigenvalue weighted by Crippen LogP contribution is 2.24. The van der Waals surface area contributed by atoms with Crippen LogP contribution in [0.25, 0.3) is 0 Å². The molecule has 4 nitrogen and oxygen atoms in total. The zero-order chi connectivity index (χ0) is 15.3. The second-order valence-electron chi connectivity index (χ2n) is 4.15. The largest absolute Gasteiger partial charge is 0.391 e. The van der Waals surface area contributed by atoms with Gasteiger partial charge in [0.05, 0.1) is 12.2 Å². The van der Waals surface area contributed by atoms with Gasteiger partial charge in [-0.1, -0.05) is 13.0 Å². The third-order valence-corrected chi connectivity index (χ3v) is 4.61. The van der Waals surface area contributed by atoms with Gasteiger partial charge < -0.3 is 5.11 Å². The SMILES string of the molecule is C=CCN(CCC)S(=O)(=O)c1ccc(F)c(CO)c1F. The molecule has 0 aliphatic carbocycles. The lowest BCUT2D eigenvalue weighted by Crippen LogP contribution is -2.32. The monoisotopic (exact) mass is 305 g/mol. The van der Waals surface area contributed by atoms with Crippen molar-refractivity contribution in [2.45, 2.75) is 24.8 Å². The van der Waals surface area contributed by atoms with Crippen LogP contribution in [0.2, 0.25) is 0 Å². The van der Waals surface area contributed by atoms with Crippen LogP contribution in [-0.2, 0) is 16.6 Å². The fourth-order valence-electron chi connectivity index (χ4n) is 1.76. The molecule has 0 heterocycles. The number of halogens is 2. The topological polar surface area (TPSA) is 57.6 Å². The lowest BCUT2D eigenvalue weighted by Gasteiger charge is -2.20. The molecule has 0 aliphatic rings. The molecule has 1 aromatic carbocycles. The van der Waals surface area contributed by atoms with Crippen LogP contribution in [-0.4, -0.2) is 30.9 Å². The Balaban J connectivity index is 3.37. The highest BCUT2D eigenvalue weighted by atomic mass is 32.2. The lowest BCUT2D eigenvalue weighted by atomic mass is 10.2. The second-order valence-corrected chi connectivity index (χ2v) is 6.05. The van der Waals surface area contributed by atoms with Gasteiger partial charge in [-0.15, -0.1) is 6.58 Å². The first kappa shape index (κ1) is 16.7. The van der Waals surface area contributed by atoms with Crippen LogP contribution in [0.3, 0.4) is 0 Å². The molecule has 0 aromatic heterocycles. The lowest BCUT2D eigenvalue weighted by molar-refractivity contribution is 0.267. The Labute approximate surface area is 117 Å². The summed E-state index contributed by atoms with van der Waals surface area (Å²) in [7, 11) is -4.10. The van der Waals surface area contributed by atoms with Crippen molar-refractivity contribution < 1.29 is 22.3 Å². The fraction of sp³-hybridized carbons (Fsp3) is 0.385. The van der Waals surface area contributed by atoms with E-state index in [4.69, 9.17) is 5.11 Å². The number of rotatable bonds is 7. The molecule has 0 unspecified atom stereocenters. The molecule has 0 amide bonds. The van der Waals surface area contributed by atoms with Crippen LogP contribution in [0, 0.1) is 11.6 Å². The third-order valence-electron chi connectivity index (χ3n) is 2.73. The molecule has 0 saturated heterocycles. The molecule has 0 radical (unpaired) electrons. The van der Waals surface area contributed by atoms with Gasteiger partial charge in [0.25, 0.3) is 0 Å². The van der Waals surface area contributed by atoms with Crippen molar-refractivity contribution in [2.75, 3.05) is 13.1 Å². The van der Waals surface area contributed by atoms with Crippen LogP contribution in [0.15, 0.2) is 29.7 Å². The summed E-state index contributed by atoms with van der Waals surface area (Å²) < 4.78 is 53.1. The van der Waals surface area contributed by atoms with Crippen molar-refractivity contribution in [3.05, 3.63) is 42.0 Å². The van der Waals surface area contributed by atoms with E-state index >= 15 is 0 Å². The van der Waals surface area contributed by atoms with E-state index in [9.17, 15) is 17.2 Å². The van der Waals surface area contributed by atoms with Gasteiger partial charge in [-0.05, 0) is 18.6 Å². The van der Waals surface area contributed by atoms with E-state index < -0.39 is 38.7 Å². The van der Waals surface area contributed by atoms with Crippen LogP contribution in [0.4, 0.5) is 8.78 Å². The van der Waals surface area contributed by atoms with Crippen LogP contribution < -0.4 is 0 Å². The summed E-state index contributed by atoms with van der Waals surface area (Å²) in [4.78, 5) is -0.641. The summed E-state index contributed by atoms with van der Waals surface area (Å²) in [5.41, 5.74) is -0.652. The molecule has 112 valence electrons. The Morgan fingerprint density at radius 2 is 2.05 bits per heavy atom. The predicted molar refractivity (Wildman–Crippen MR) is 71.5 cm³/mol. The molecule has 0 bridgehead atoms. The Morgan fingerprint density at radius 1 is 1.40 bits per heavy atom. The zero-order valence-corrected chi connectivity index (χ0v) is 12.0. The van der Waals surface area contributed by atoms with Crippen molar-refractivity contribution in [3.8, 4) is 0 Å². The van der Waals surface area contributed by atoms with E-state index in [-0.39, 0.29) is 13.1 Å². The van der Waals surface area contributed by atoms with Crippen LogP contribution >= 0.6 is 0 Å². The van der Waals surface area contributed by atoms with Crippen molar-refractivity contribution in [3.63, 3.8) is 0 Å². The average Bonchev–Trinajstić information content (AvgIpc) is 2.38. The van der Waals surface area contributed by atoms with Crippen molar-refractivity contribution in [2.24, 2.45) is 0 Å². The number of hydrogen-bond donors (Lipinski definition) is 1. The molecular formula is C13H17F2NO3S. The minimum Gasteiger partial charge on any atom is -0.391 e. The number of benzene rings is 1. The van der Waals surface area contributed by atoms with Crippen LogP contribution in [0.1, 0.15) is 18.9 Å². The maximum absolute atomic E-state index is 14.0. The fourth-order valence-corrected chi connectivity index (χ4v) is 3.35. The van der Waals surface area contributed by atoms with Gasteiger partial charge in [-0.2, -0.15) is 4.31 Å². The molecule has 7 heteroatoms. The predicted octanol–water partition coefficient (Wildman–Crippen LogP) is 2.04. The summed E-state index contributed by atoms with van der Waals surface area (Å²) in [6, 6.07) is 1.70. The molecular weight excluding hydrogens is 288 g/mol. The van der Waals surface area contributed by atoms with Gasteiger partial charge in [0.15, 0.2) is 5.82 Å². The van der Waals surface area contributed by atoms with Gasteiger partial charge in [0.1, 0.15) is 10.7 Å². The second kappa shape index (κ2) is 6.92. The molecule has 1 aromatic rings. The minimum atomic E-state index is -4.10. The van der Waals surface area contributed by atoms with Gasteiger partial charge in [0, 0.05) is 13.1 Å². The maximum Gasteiger partial charge on any atom is 0.246 e.